The van der Waals surface area contributed by atoms with E-state index in [1.165, 1.54) is 25.3 Å². The average molecular weight is 581 g/mol. The number of aliphatic carboxylic acids is 1. The van der Waals surface area contributed by atoms with Crippen molar-refractivity contribution in [1.29, 1.82) is 0 Å². The van der Waals surface area contributed by atoms with Crippen molar-refractivity contribution in [2.24, 2.45) is 0 Å². The van der Waals surface area contributed by atoms with Crippen molar-refractivity contribution in [3.05, 3.63) is 87.9 Å². The van der Waals surface area contributed by atoms with E-state index in [-0.39, 0.29) is 22.8 Å². The number of nitrogens with zero attached hydrogens (tertiary/aromatic N) is 1. The van der Waals surface area contributed by atoms with Crippen molar-refractivity contribution in [3.63, 3.8) is 0 Å². The summed E-state index contributed by atoms with van der Waals surface area (Å²) in [5, 5.41) is 11.0. The molecule has 10 nitrogen and oxygen atoms in total. The van der Waals surface area contributed by atoms with E-state index in [2.05, 4.69) is 21.2 Å². The van der Waals surface area contributed by atoms with Gasteiger partial charge in [0.15, 0.2) is 18.1 Å². The second kappa shape index (κ2) is 11.6. The van der Waals surface area contributed by atoms with E-state index in [0.717, 1.165) is 10.5 Å². The van der Waals surface area contributed by atoms with Crippen LogP contribution in [0.25, 0.3) is 6.08 Å². The normalized spacial score (nSPS) is 14.3. The first-order valence-electron chi connectivity index (χ1n) is 11.2. The zero-order valence-corrected chi connectivity index (χ0v) is 21.6. The molecule has 0 atom stereocenters. The molecule has 3 aromatic rings. The maximum atomic E-state index is 13.2. The van der Waals surface area contributed by atoms with E-state index in [9.17, 15) is 19.2 Å². The number of methoxy groups -OCH3 is 1. The predicted octanol–water partition coefficient (Wildman–Crippen LogP) is 4.17. The minimum absolute atomic E-state index is 0.142. The second-order valence-electron chi connectivity index (χ2n) is 7.94. The van der Waals surface area contributed by atoms with Crippen molar-refractivity contribution in [1.82, 2.24) is 5.32 Å². The minimum atomic E-state index is -1.17. The molecule has 1 heterocycles. The highest BCUT2D eigenvalue weighted by Crippen LogP contribution is 2.37. The van der Waals surface area contributed by atoms with Gasteiger partial charge < -0.3 is 19.3 Å². The molecule has 0 aromatic heterocycles. The molecular formula is C27H21BrN2O8. The third-order valence-electron chi connectivity index (χ3n) is 5.35. The number of benzene rings is 3. The largest absolute Gasteiger partial charge is 0.493 e. The molecule has 4 amide bonds. The fourth-order valence-electron chi connectivity index (χ4n) is 3.59. The van der Waals surface area contributed by atoms with E-state index in [0.29, 0.717) is 22.4 Å². The van der Waals surface area contributed by atoms with E-state index in [1.54, 1.807) is 24.3 Å². The fourth-order valence-corrected chi connectivity index (χ4v) is 4.16. The van der Waals surface area contributed by atoms with E-state index >= 15 is 0 Å². The number of carboxylic acid groups (broad SMARTS) is 1. The van der Waals surface area contributed by atoms with Gasteiger partial charge in [-0.05, 0) is 69.5 Å². The molecule has 1 aliphatic rings. The quantitative estimate of drug-likeness (QED) is 0.285. The summed E-state index contributed by atoms with van der Waals surface area (Å²) in [4.78, 5) is 50.1. The number of nitrogens with one attached hydrogen (secondary N) is 1. The van der Waals surface area contributed by atoms with Crippen LogP contribution in [-0.4, -0.2) is 42.6 Å². The van der Waals surface area contributed by atoms with Gasteiger partial charge in [0.2, 0.25) is 0 Å². The molecular weight excluding hydrogens is 560 g/mol. The summed E-state index contributed by atoms with van der Waals surface area (Å²) >= 11 is 3.29. The number of rotatable bonds is 9. The maximum absolute atomic E-state index is 13.2. The average Bonchev–Trinajstić information content (AvgIpc) is 2.90. The highest BCUT2D eigenvalue weighted by atomic mass is 79.9. The number of urea groups is 1. The van der Waals surface area contributed by atoms with Crippen LogP contribution in [0, 0.1) is 0 Å². The van der Waals surface area contributed by atoms with Crippen molar-refractivity contribution in [3.8, 4) is 17.2 Å². The lowest BCUT2D eigenvalue weighted by molar-refractivity contribution is -0.139. The van der Waals surface area contributed by atoms with Crippen LogP contribution in [0.4, 0.5) is 10.5 Å². The lowest BCUT2D eigenvalue weighted by atomic mass is 10.1. The Morgan fingerprint density at radius 3 is 2.39 bits per heavy atom. The molecule has 11 heteroatoms. The van der Waals surface area contributed by atoms with Gasteiger partial charge in [0.1, 0.15) is 17.9 Å². The lowest BCUT2D eigenvalue weighted by Crippen LogP contribution is -2.54. The molecule has 0 saturated carbocycles. The lowest BCUT2D eigenvalue weighted by Gasteiger charge is -2.26. The Hall–Kier alpha value is -4.64. The summed E-state index contributed by atoms with van der Waals surface area (Å²) < 4.78 is 16.6. The Morgan fingerprint density at radius 1 is 1.03 bits per heavy atom. The Balaban J connectivity index is 1.56. The van der Waals surface area contributed by atoms with Crippen LogP contribution in [0.1, 0.15) is 11.1 Å². The molecule has 3 aromatic carbocycles. The summed E-state index contributed by atoms with van der Waals surface area (Å²) in [5.41, 5.74) is 1.31. The number of imide groups is 2. The van der Waals surface area contributed by atoms with Gasteiger partial charge in [0.05, 0.1) is 17.3 Å². The maximum Gasteiger partial charge on any atom is 0.341 e. The smallest absolute Gasteiger partial charge is 0.341 e. The van der Waals surface area contributed by atoms with Crippen LogP contribution in [0.5, 0.6) is 17.2 Å². The SMILES string of the molecule is COc1cc(/C=C2\C(=O)NC(=O)N(c3ccc(OCc4ccccc4)cc3)C2=O)cc(Br)c1OCC(=O)O. The summed E-state index contributed by atoms with van der Waals surface area (Å²) in [7, 11) is 1.36. The predicted molar refractivity (Wildman–Crippen MR) is 140 cm³/mol. The first-order valence-corrected chi connectivity index (χ1v) is 12.0. The Morgan fingerprint density at radius 2 is 1.74 bits per heavy atom. The van der Waals surface area contributed by atoms with Gasteiger partial charge in [-0.15, -0.1) is 0 Å². The summed E-state index contributed by atoms with van der Waals surface area (Å²) in [5.74, 6) is -2.00. The number of carboxylic acids is 1. The van der Waals surface area contributed by atoms with Gasteiger partial charge in [-0.3, -0.25) is 14.9 Å². The van der Waals surface area contributed by atoms with Crippen molar-refractivity contribution in [2.75, 3.05) is 18.6 Å². The number of ether oxygens (including phenoxy) is 3. The molecule has 0 bridgehead atoms. The van der Waals surface area contributed by atoms with Crippen LogP contribution in [-0.2, 0) is 21.0 Å². The molecule has 4 rings (SSSR count). The summed E-state index contributed by atoms with van der Waals surface area (Å²) in [6.45, 7) is -0.243. The summed E-state index contributed by atoms with van der Waals surface area (Å²) in [6, 6.07) is 18.0. The van der Waals surface area contributed by atoms with Crippen molar-refractivity contribution < 1.29 is 38.5 Å². The molecule has 2 N–H and O–H groups in total. The van der Waals surface area contributed by atoms with Gasteiger partial charge in [0.25, 0.3) is 11.8 Å². The van der Waals surface area contributed by atoms with Crippen LogP contribution < -0.4 is 24.4 Å². The van der Waals surface area contributed by atoms with Crippen molar-refractivity contribution in [2.45, 2.75) is 6.61 Å². The van der Waals surface area contributed by atoms with Crippen LogP contribution in [0.15, 0.2) is 76.8 Å². The summed E-state index contributed by atoms with van der Waals surface area (Å²) in [6.07, 6.45) is 1.29. The van der Waals surface area contributed by atoms with E-state index < -0.39 is 30.4 Å². The van der Waals surface area contributed by atoms with Crippen LogP contribution in [0.3, 0.4) is 0 Å². The molecule has 1 saturated heterocycles. The zero-order chi connectivity index (χ0) is 27.2. The van der Waals surface area contributed by atoms with E-state index in [4.69, 9.17) is 19.3 Å². The number of halogens is 1. The highest BCUT2D eigenvalue weighted by molar-refractivity contribution is 9.10. The molecule has 1 fully saturated rings. The van der Waals surface area contributed by atoms with Crippen LogP contribution >= 0.6 is 15.9 Å². The monoisotopic (exact) mass is 580 g/mol. The first-order chi connectivity index (χ1) is 18.3. The molecule has 1 aliphatic heterocycles. The molecule has 38 heavy (non-hydrogen) atoms. The number of amides is 4. The standard InChI is InChI=1S/C27H21BrN2O8/c1-36-22-13-17(12-21(28)24(22)38-15-23(31)32)11-20-25(33)29-27(35)30(26(20)34)18-7-9-19(10-8-18)37-14-16-5-3-2-4-6-16/h2-13H,14-15H2,1H3,(H,31,32)(H,29,33,35)/b20-11+. The van der Waals surface area contributed by atoms with Gasteiger partial charge in [-0.25, -0.2) is 14.5 Å². The Kier molecular flexibility index (Phi) is 8.07. The van der Waals surface area contributed by atoms with Gasteiger partial charge in [0, 0.05) is 0 Å². The van der Waals surface area contributed by atoms with Gasteiger partial charge >= 0.3 is 12.0 Å². The van der Waals surface area contributed by atoms with Crippen LogP contribution in [0.2, 0.25) is 0 Å². The highest BCUT2D eigenvalue weighted by Gasteiger charge is 2.37. The number of barbiturate groups is 1. The number of carbonyl (C=O) groups is 4. The van der Waals surface area contributed by atoms with Crippen molar-refractivity contribution >= 4 is 51.5 Å². The van der Waals surface area contributed by atoms with Gasteiger partial charge in [-0.1, -0.05) is 30.3 Å². The Labute approximate surface area is 225 Å². The topological polar surface area (TPSA) is 131 Å². The zero-order valence-electron chi connectivity index (χ0n) is 20.0. The first kappa shape index (κ1) is 26.4. The molecule has 0 unspecified atom stereocenters. The third-order valence-corrected chi connectivity index (χ3v) is 5.94. The Bertz CT molecular complexity index is 1420. The molecule has 0 spiro atoms. The molecule has 194 valence electrons. The second-order valence-corrected chi connectivity index (χ2v) is 8.80. The number of hydrogen-bond donors (Lipinski definition) is 2. The number of anilines is 1. The molecule has 0 aliphatic carbocycles. The molecule has 0 radical (unpaired) electrons. The van der Waals surface area contributed by atoms with Gasteiger partial charge in [-0.2, -0.15) is 0 Å². The fraction of sp³-hybridized carbons (Fsp3) is 0.111. The third kappa shape index (κ3) is 6.01. The number of hydrogen-bond acceptors (Lipinski definition) is 7. The number of carbonyl (C=O) groups excluding carboxylic acids is 3. The minimum Gasteiger partial charge on any atom is -0.493 e. The van der Waals surface area contributed by atoms with E-state index in [1.807, 2.05) is 30.3 Å².